The SMILES string of the molecule is Br.CC(C)(O)c1ccc2nc(C(=O)c3ccccc3)cn2c1. The molecule has 114 valence electrons. The van der Waals surface area contributed by atoms with E-state index in [1.807, 2.05) is 24.3 Å². The van der Waals surface area contributed by atoms with Crippen LogP contribution < -0.4 is 0 Å². The first-order chi connectivity index (χ1) is 9.95. The average molecular weight is 361 g/mol. The quantitative estimate of drug-likeness (QED) is 0.728. The maximum atomic E-state index is 12.4. The van der Waals surface area contributed by atoms with Gasteiger partial charge in [0.05, 0.1) is 5.60 Å². The fourth-order valence-corrected chi connectivity index (χ4v) is 2.20. The predicted octanol–water partition coefficient (Wildman–Crippen LogP) is 3.37. The Morgan fingerprint density at radius 1 is 1.09 bits per heavy atom. The van der Waals surface area contributed by atoms with Crippen LogP contribution in [0.1, 0.15) is 35.5 Å². The molecule has 3 aromatic rings. The van der Waals surface area contributed by atoms with Crippen molar-refractivity contribution < 1.29 is 9.90 Å². The van der Waals surface area contributed by atoms with Gasteiger partial charge in [-0.1, -0.05) is 36.4 Å². The Balaban J connectivity index is 0.00000176. The Labute approximate surface area is 139 Å². The summed E-state index contributed by atoms with van der Waals surface area (Å²) < 4.78 is 1.77. The minimum atomic E-state index is -0.929. The molecule has 0 radical (unpaired) electrons. The zero-order chi connectivity index (χ0) is 15.0. The Morgan fingerprint density at radius 2 is 1.77 bits per heavy atom. The number of aliphatic hydroxyl groups is 1. The number of carbonyl (C=O) groups is 1. The van der Waals surface area contributed by atoms with Crippen molar-refractivity contribution in [2.24, 2.45) is 0 Å². The highest BCUT2D eigenvalue weighted by Gasteiger charge is 2.18. The lowest BCUT2D eigenvalue weighted by Crippen LogP contribution is -2.15. The summed E-state index contributed by atoms with van der Waals surface area (Å²) in [5.74, 6) is -0.107. The van der Waals surface area contributed by atoms with Crippen molar-refractivity contribution in [3.8, 4) is 0 Å². The van der Waals surface area contributed by atoms with Gasteiger partial charge in [-0.15, -0.1) is 17.0 Å². The van der Waals surface area contributed by atoms with Gasteiger partial charge in [-0.2, -0.15) is 0 Å². The van der Waals surface area contributed by atoms with E-state index in [9.17, 15) is 9.90 Å². The molecule has 22 heavy (non-hydrogen) atoms. The normalized spacial score (nSPS) is 11.2. The van der Waals surface area contributed by atoms with Crippen LogP contribution in [0.5, 0.6) is 0 Å². The first-order valence-electron chi connectivity index (χ1n) is 6.76. The predicted molar refractivity (Wildman–Crippen MR) is 90.6 cm³/mol. The van der Waals surface area contributed by atoms with Gasteiger partial charge in [-0.25, -0.2) is 4.98 Å². The molecule has 0 fully saturated rings. The summed E-state index contributed by atoms with van der Waals surface area (Å²) in [6.07, 6.45) is 3.49. The molecule has 5 heteroatoms. The number of imidazole rings is 1. The summed E-state index contributed by atoms with van der Waals surface area (Å²) in [5, 5.41) is 10.0. The number of benzene rings is 1. The number of carbonyl (C=O) groups excluding carboxylic acids is 1. The molecular weight excluding hydrogens is 344 g/mol. The van der Waals surface area contributed by atoms with E-state index in [0.29, 0.717) is 16.9 Å². The molecule has 1 aromatic carbocycles. The van der Waals surface area contributed by atoms with Crippen molar-refractivity contribution in [2.45, 2.75) is 19.4 Å². The van der Waals surface area contributed by atoms with Gasteiger partial charge in [0.2, 0.25) is 5.78 Å². The molecule has 0 saturated heterocycles. The zero-order valence-corrected chi connectivity index (χ0v) is 14.1. The molecule has 0 bridgehead atoms. The maximum absolute atomic E-state index is 12.4. The molecule has 0 amide bonds. The van der Waals surface area contributed by atoms with Crippen LogP contribution in [0.4, 0.5) is 0 Å². The molecule has 2 aromatic heterocycles. The number of hydrogen-bond acceptors (Lipinski definition) is 3. The van der Waals surface area contributed by atoms with E-state index in [2.05, 4.69) is 4.98 Å². The Hall–Kier alpha value is -1.98. The minimum Gasteiger partial charge on any atom is -0.386 e. The van der Waals surface area contributed by atoms with Gasteiger partial charge in [0, 0.05) is 18.0 Å². The van der Waals surface area contributed by atoms with Gasteiger partial charge >= 0.3 is 0 Å². The number of halogens is 1. The van der Waals surface area contributed by atoms with Crippen LogP contribution in [0, 0.1) is 0 Å². The second-order valence-electron chi connectivity index (χ2n) is 5.56. The molecular formula is C17H17BrN2O2. The molecule has 2 heterocycles. The van der Waals surface area contributed by atoms with E-state index < -0.39 is 5.60 Å². The number of ketones is 1. The summed E-state index contributed by atoms with van der Waals surface area (Å²) >= 11 is 0. The number of rotatable bonds is 3. The lowest BCUT2D eigenvalue weighted by atomic mass is 10.0. The van der Waals surface area contributed by atoms with Gasteiger partial charge in [0.25, 0.3) is 0 Å². The summed E-state index contributed by atoms with van der Waals surface area (Å²) in [4.78, 5) is 16.7. The van der Waals surface area contributed by atoms with Gasteiger partial charge in [-0.05, 0) is 25.5 Å². The van der Waals surface area contributed by atoms with E-state index in [1.54, 1.807) is 48.8 Å². The Bertz CT molecular complexity index is 804. The molecule has 0 unspecified atom stereocenters. The van der Waals surface area contributed by atoms with Crippen LogP contribution in [0.25, 0.3) is 5.65 Å². The number of hydrogen-bond donors (Lipinski definition) is 1. The number of fused-ring (bicyclic) bond motifs is 1. The van der Waals surface area contributed by atoms with E-state index >= 15 is 0 Å². The first kappa shape index (κ1) is 16.4. The first-order valence-corrected chi connectivity index (χ1v) is 6.76. The van der Waals surface area contributed by atoms with Gasteiger partial charge in [-0.3, -0.25) is 4.79 Å². The average Bonchev–Trinajstić information content (AvgIpc) is 2.89. The van der Waals surface area contributed by atoms with Crippen molar-refractivity contribution in [3.63, 3.8) is 0 Å². The van der Waals surface area contributed by atoms with E-state index in [0.717, 1.165) is 5.56 Å². The van der Waals surface area contributed by atoms with Crippen molar-refractivity contribution in [1.82, 2.24) is 9.38 Å². The standard InChI is InChI=1S/C17H16N2O2.BrH/c1-17(2,21)13-8-9-15-18-14(11-19(15)10-13)16(20)12-6-4-3-5-7-12;/h3-11,21H,1-2H3;1H. The molecule has 4 nitrogen and oxygen atoms in total. The molecule has 0 aliphatic heterocycles. The Kier molecular flexibility index (Phi) is 4.49. The molecule has 0 saturated carbocycles. The lowest BCUT2D eigenvalue weighted by molar-refractivity contribution is 0.0781. The van der Waals surface area contributed by atoms with Crippen LogP contribution in [0.2, 0.25) is 0 Å². The van der Waals surface area contributed by atoms with E-state index in [4.69, 9.17) is 0 Å². The van der Waals surface area contributed by atoms with Gasteiger partial charge in [0.1, 0.15) is 11.3 Å². The summed E-state index contributed by atoms with van der Waals surface area (Å²) in [5.41, 5.74) is 1.54. The van der Waals surface area contributed by atoms with Gasteiger partial charge < -0.3 is 9.51 Å². The summed E-state index contributed by atoms with van der Waals surface area (Å²) in [7, 11) is 0. The van der Waals surface area contributed by atoms with Crippen molar-refractivity contribution in [3.05, 3.63) is 71.7 Å². The summed E-state index contributed by atoms with van der Waals surface area (Å²) in [6, 6.07) is 12.7. The zero-order valence-electron chi connectivity index (χ0n) is 12.4. The third kappa shape index (κ3) is 3.10. The maximum Gasteiger partial charge on any atom is 0.212 e. The van der Waals surface area contributed by atoms with E-state index in [1.165, 1.54) is 0 Å². The third-order valence-electron chi connectivity index (χ3n) is 3.43. The topological polar surface area (TPSA) is 54.6 Å². The van der Waals surface area contributed by atoms with Crippen LogP contribution >= 0.6 is 17.0 Å². The number of aromatic nitrogens is 2. The number of nitrogens with zero attached hydrogens (tertiary/aromatic N) is 2. The van der Waals surface area contributed by atoms with Crippen molar-refractivity contribution in [1.29, 1.82) is 0 Å². The highest BCUT2D eigenvalue weighted by atomic mass is 79.9. The second-order valence-corrected chi connectivity index (χ2v) is 5.56. The van der Waals surface area contributed by atoms with Gasteiger partial charge in [0.15, 0.2) is 0 Å². The molecule has 0 aliphatic carbocycles. The lowest BCUT2D eigenvalue weighted by Gasteiger charge is -2.17. The molecule has 0 atom stereocenters. The smallest absolute Gasteiger partial charge is 0.212 e. The van der Waals surface area contributed by atoms with E-state index in [-0.39, 0.29) is 22.8 Å². The largest absolute Gasteiger partial charge is 0.386 e. The fraction of sp³-hybridized carbons (Fsp3) is 0.176. The van der Waals surface area contributed by atoms with Crippen LogP contribution in [0.15, 0.2) is 54.9 Å². The monoisotopic (exact) mass is 360 g/mol. The fourth-order valence-electron chi connectivity index (χ4n) is 2.20. The molecule has 0 aliphatic rings. The van der Waals surface area contributed by atoms with Crippen molar-refractivity contribution in [2.75, 3.05) is 0 Å². The second kappa shape index (κ2) is 6.02. The van der Waals surface area contributed by atoms with Crippen LogP contribution in [0.3, 0.4) is 0 Å². The molecule has 0 spiro atoms. The van der Waals surface area contributed by atoms with Crippen LogP contribution in [-0.4, -0.2) is 20.3 Å². The minimum absolute atomic E-state index is 0. The number of pyridine rings is 1. The molecule has 3 rings (SSSR count). The highest BCUT2D eigenvalue weighted by molar-refractivity contribution is 8.93. The Morgan fingerprint density at radius 3 is 2.41 bits per heavy atom. The van der Waals surface area contributed by atoms with Crippen molar-refractivity contribution >= 4 is 28.4 Å². The highest BCUT2D eigenvalue weighted by Crippen LogP contribution is 2.20. The molecule has 1 N–H and O–H groups in total. The third-order valence-corrected chi connectivity index (χ3v) is 3.43. The van der Waals surface area contributed by atoms with Crippen LogP contribution in [-0.2, 0) is 5.60 Å². The summed E-state index contributed by atoms with van der Waals surface area (Å²) in [6.45, 7) is 3.45.